The highest BCUT2D eigenvalue weighted by Gasteiger charge is 2.37. The summed E-state index contributed by atoms with van der Waals surface area (Å²) in [5.41, 5.74) is 4.78. The van der Waals surface area contributed by atoms with E-state index < -0.39 is 5.54 Å². The number of amides is 1. The fourth-order valence-electron chi connectivity index (χ4n) is 2.19. The van der Waals surface area contributed by atoms with Gasteiger partial charge in [0.2, 0.25) is 5.91 Å². The van der Waals surface area contributed by atoms with E-state index in [1.54, 1.807) is 0 Å². The third-order valence-corrected chi connectivity index (χ3v) is 3.93. The number of nitrogens with one attached hydrogen (secondary N) is 1. The Balaban J connectivity index is 2.32. The molecule has 0 bridgehead atoms. The van der Waals surface area contributed by atoms with Crippen molar-refractivity contribution >= 4 is 5.91 Å². The molecular weight excluding hydrogens is 240 g/mol. The molecule has 112 valence electrons. The van der Waals surface area contributed by atoms with Crippen LogP contribution >= 0.6 is 0 Å². The standard InChI is InChI=1S/C15H30N2O2/c1-4-6-7-12(5-2)10-19-11-15(3,14(16)18)17-13-8-9-13/h12-13,17H,4-11H2,1-3H3,(H2,16,18). The number of carbonyl (C=O) groups is 1. The van der Waals surface area contributed by atoms with Gasteiger partial charge >= 0.3 is 0 Å². The van der Waals surface area contributed by atoms with E-state index in [2.05, 4.69) is 19.2 Å². The molecule has 0 radical (unpaired) electrons. The first kappa shape index (κ1) is 16.4. The number of hydrogen-bond donors (Lipinski definition) is 2. The van der Waals surface area contributed by atoms with E-state index in [0.717, 1.165) is 25.9 Å². The molecule has 0 spiro atoms. The van der Waals surface area contributed by atoms with E-state index in [1.807, 2.05) is 6.92 Å². The van der Waals surface area contributed by atoms with Gasteiger partial charge in [-0.05, 0) is 32.1 Å². The van der Waals surface area contributed by atoms with Gasteiger partial charge in [-0.1, -0.05) is 33.1 Å². The number of hydrogen-bond acceptors (Lipinski definition) is 3. The fourth-order valence-corrected chi connectivity index (χ4v) is 2.19. The summed E-state index contributed by atoms with van der Waals surface area (Å²) in [4.78, 5) is 11.6. The molecule has 2 unspecified atom stereocenters. The number of primary amides is 1. The Bertz CT molecular complexity index is 279. The molecule has 1 rings (SSSR count). The Morgan fingerprint density at radius 1 is 1.47 bits per heavy atom. The van der Waals surface area contributed by atoms with Crippen molar-refractivity contribution in [3.63, 3.8) is 0 Å². The molecule has 0 aromatic heterocycles. The summed E-state index contributed by atoms with van der Waals surface area (Å²) in [7, 11) is 0. The Morgan fingerprint density at radius 3 is 2.63 bits per heavy atom. The van der Waals surface area contributed by atoms with Crippen LogP contribution in [0.15, 0.2) is 0 Å². The summed E-state index contributed by atoms with van der Waals surface area (Å²) < 4.78 is 5.78. The summed E-state index contributed by atoms with van der Waals surface area (Å²) in [6.07, 6.45) is 7.07. The van der Waals surface area contributed by atoms with Gasteiger partial charge in [0.15, 0.2) is 0 Å². The molecule has 2 atom stereocenters. The van der Waals surface area contributed by atoms with Crippen LogP contribution < -0.4 is 11.1 Å². The average Bonchev–Trinajstić information content (AvgIpc) is 3.17. The number of ether oxygens (including phenoxy) is 1. The summed E-state index contributed by atoms with van der Waals surface area (Å²) in [6.45, 7) is 7.35. The van der Waals surface area contributed by atoms with Gasteiger partial charge < -0.3 is 10.5 Å². The molecule has 1 amide bonds. The Hall–Kier alpha value is -0.610. The minimum Gasteiger partial charge on any atom is -0.379 e. The maximum Gasteiger partial charge on any atom is 0.239 e. The highest BCUT2D eigenvalue weighted by atomic mass is 16.5. The molecule has 1 aliphatic carbocycles. The Labute approximate surface area is 117 Å². The van der Waals surface area contributed by atoms with Gasteiger partial charge in [0, 0.05) is 12.6 Å². The zero-order valence-electron chi connectivity index (χ0n) is 12.7. The van der Waals surface area contributed by atoms with E-state index in [0.29, 0.717) is 18.6 Å². The molecule has 1 aliphatic rings. The molecule has 0 aromatic rings. The van der Waals surface area contributed by atoms with Crippen molar-refractivity contribution in [1.29, 1.82) is 0 Å². The number of unbranched alkanes of at least 4 members (excludes halogenated alkanes) is 1. The van der Waals surface area contributed by atoms with Gasteiger partial charge in [0.1, 0.15) is 5.54 Å². The van der Waals surface area contributed by atoms with E-state index >= 15 is 0 Å². The fraction of sp³-hybridized carbons (Fsp3) is 0.933. The Morgan fingerprint density at radius 2 is 2.16 bits per heavy atom. The lowest BCUT2D eigenvalue weighted by molar-refractivity contribution is -0.126. The number of nitrogens with two attached hydrogens (primary N) is 1. The normalized spacial score (nSPS) is 19.9. The number of carbonyl (C=O) groups excluding carboxylic acids is 1. The van der Waals surface area contributed by atoms with Crippen LogP contribution in [-0.4, -0.2) is 30.7 Å². The van der Waals surface area contributed by atoms with Gasteiger partial charge in [-0.3, -0.25) is 10.1 Å². The molecule has 4 nitrogen and oxygen atoms in total. The van der Waals surface area contributed by atoms with Gasteiger partial charge in [0.25, 0.3) is 0 Å². The third-order valence-electron chi connectivity index (χ3n) is 3.93. The van der Waals surface area contributed by atoms with Crippen molar-refractivity contribution in [3.8, 4) is 0 Å². The predicted molar refractivity (Wildman–Crippen MR) is 77.9 cm³/mol. The number of rotatable bonds is 11. The lowest BCUT2D eigenvalue weighted by Gasteiger charge is -2.28. The molecule has 3 N–H and O–H groups in total. The first-order chi connectivity index (χ1) is 9.01. The molecule has 19 heavy (non-hydrogen) atoms. The minimum atomic E-state index is -0.718. The van der Waals surface area contributed by atoms with E-state index in [9.17, 15) is 4.79 Å². The second-order valence-corrected chi connectivity index (χ2v) is 6.05. The van der Waals surface area contributed by atoms with Crippen LogP contribution in [0.4, 0.5) is 0 Å². The highest BCUT2D eigenvalue weighted by molar-refractivity contribution is 5.84. The maximum atomic E-state index is 11.6. The van der Waals surface area contributed by atoms with Crippen molar-refractivity contribution in [2.75, 3.05) is 13.2 Å². The molecule has 1 fully saturated rings. The van der Waals surface area contributed by atoms with Gasteiger partial charge in [-0.2, -0.15) is 0 Å². The first-order valence-electron chi connectivity index (χ1n) is 7.67. The SMILES string of the molecule is CCCCC(CC)COCC(C)(NC1CC1)C(N)=O. The van der Waals surface area contributed by atoms with Crippen molar-refractivity contribution < 1.29 is 9.53 Å². The summed E-state index contributed by atoms with van der Waals surface area (Å²) >= 11 is 0. The van der Waals surface area contributed by atoms with Crippen molar-refractivity contribution in [2.45, 2.75) is 70.9 Å². The largest absolute Gasteiger partial charge is 0.379 e. The minimum absolute atomic E-state index is 0.319. The van der Waals surface area contributed by atoms with Gasteiger partial charge in [0.05, 0.1) is 6.61 Å². The molecule has 0 aromatic carbocycles. The molecule has 4 heteroatoms. The molecule has 0 saturated heterocycles. The first-order valence-corrected chi connectivity index (χ1v) is 7.67. The zero-order valence-corrected chi connectivity index (χ0v) is 12.7. The third kappa shape index (κ3) is 5.91. The molecule has 0 aliphatic heterocycles. The van der Waals surface area contributed by atoms with Crippen molar-refractivity contribution in [2.24, 2.45) is 11.7 Å². The quantitative estimate of drug-likeness (QED) is 0.605. The van der Waals surface area contributed by atoms with Crippen LogP contribution in [0.3, 0.4) is 0 Å². The van der Waals surface area contributed by atoms with Gasteiger partial charge in [-0.25, -0.2) is 0 Å². The van der Waals surface area contributed by atoms with E-state index in [4.69, 9.17) is 10.5 Å². The van der Waals surface area contributed by atoms with Crippen molar-refractivity contribution in [1.82, 2.24) is 5.32 Å². The lowest BCUT2D eigenvalue weighted by atomic mass is 10.00. The van der Waals surface area contributed by atoms with Crippen LogP contribution in [0.1, 0.15) is 59.3 Å². The molecule has 1 saturated carbocycles. The molecule has 0 heterocycles. The predicted octanol–water partition coefficient (Wildman–Crippen LogP) is 2.22. The zero-order chi connectivity index (χ0) is 14.3. The topological polar surface area (TPSA) is 64.3 Å². The highest BCUT2D eigenvalue weighted by Crippen LogP contribution is 2.23. The summed E-state index contributed by atoms with van der Waals surface area (Å²) in [5, 5.41) is 3.30. The van der Waals surface area contributed by atoms with Crippen LogP contribution in [-0.2, 0) is 9.53 Å². The monoisotopic (exact) mass is 270 g/mol. The second kappa shape index (κ2) is 7.85. The molecular formula is C15H30N2O2. The smallest absolute Gasteiger partial charge is 0.239 e. The van der Waals surface area contributed by atoms with E-state index in [1.165, 1.54) is 19.3 Å². The van der Waals surface area contributed by atoms with E-state index in [-0.39, 0.29) is 5.91 Å². The average molecular weight is 270 g/mol. The summed E-state index contributed by atoms with van der Waals surface area (Å²) in [6, 6.07) is 0.447. The maximum absolute atomic E-state index is 11.6. The van der Waals surface area contributed by atoms with Crippen LogP contribution in [0.2, 0.25) is 0 Å². The lowest BCUT2D eigenvalue weighted by Crippen LogP contribution is -2.57. The second-order valence-electron chi connectivity index (χ2n) is 6.05. The van der Waals surface area contributed by atoms with Crippen LogP contribution in [0.5, 0.6) is 0 Å². The van der Waals surface area contributed by atoms with Crippen LogP contribution in [0, 0.1) is 5.92 Å². The van der Waals surface area contributed by atoms with Crippen LogP contribution in [0.25, 0.3) is 0 Å². The Kier molecular flexibility index (Phi) is 6.80. The summed E-state index contributed by atoms with van der Waals surface area (Å²) in [5.74, 6) is 0.277. The van der Waals surface area contributed by atoms with Gasteiger partial charge in [-0.15, -0.1) is 0 Å². The van der Waals surface area contributed by atoms with Crippen molar-refractivity contribution in [3.05, 3.63) is 0 Å².